The van der Waals surface area contributed by atoms with E-state index in [0.717, 1.165) is 45.9 Å². The fourth-order valence-corrected chi connectivity index (χ4v) is 2.67. The first-order valence-corrected chi connectivity index (χ1v) is 6.44. The van der Waals surface area contributed by atoms with Crippen LogP contribution in [0.5, 0.6) is 0 Å². The van der Waals surface area contributed by atoms with Gasteiger partial charge in [-0.2, -0.15) is 5.26 Å². The third-order valence-electron chi connectivity index (χ3n) is 3.75. The maximum absolute atomic E-state index is 8.93. The van der Waals surface area contributed by atoms with Crippen LogP contribution in [0.15, 0.2) is 0 Å². The summed E-state index contributed by atoms with van der Waals surface area (Å²) in [5, 5.41) is 12.0. The van der Waals surface area contributed by atoms with Crippen LogP contribution in [0.4, 0.5) is 0 Å². The molecule has 1 N–H and O–H groups in total. The summed E-state index contributed by atoms with van der Waals surface area (Å²) in [5.74, 6) is 0. The molecule has 5 nitrogen and oxygen atoms in total. The van der Waals surface area contributed by atoms with Crippen molar-refractivity contribution < 1.29 is 4.74 Å². The maximum Gasteiger partial charge on any atom is 0.108 e. The molecule has 2 aliphatic rings. The van der Waals surface area contributed by atoms with Crippen molar-refractivity contribution in [3.05, 3.63) is 0 Å². The summed E-state index contributed by atoms with van der Waals surface area (Å²) in [5.41, 5.74) is 0. The molecule has 0 saturated carbocycles. The first-order valence-electron chi connectivity index (χ1n) is 6.44. The molecule has 5 heteroatoms. The van der Waals surface area contributed by atoms with E-state index in [2.05, 4.69) is 21.2 Å². The van der Waals surface area contributed by atoms with E-state index in [1.54, 1.807) is 0 Å². The van der Waals surface area contributed by atoms with Gasteiger partial charge in [-0.05, 0) is 20.0 Å². The molecule has 2 aliphatic heterocycles. The lowest BCUT2D eigenvalue weighted by Crippen LogP contribution is -2.45. The fourth-order valence-electron chi connectivity index (χ4n) is 2.67. The second-order valence-corrected chi connectivity index (χ2v) is 4.82. The van der Waals surface area contributed by atoms with Gasteiger partial charge in [0.2, 0.25) is 0 Å². The van der Waals surface area contributed by atoms with Crippen LogP contribution in [-0.4, -0.2) is 74.9 Å². The maximum atomic E-state index is 8.93. The van der Waals surface area contributed by atoms with Crippen LogP contribution in [0.2, 0.25) is 0 Å². The predicted octanol–water partition coefficient (Wildman–Crippen LogP) is -0.496. The first kappa shape index (κ1) is 12.8. The van der Waals surface area contributed by atoms with Gasteiger partial charge >= 0.3 is 0 Å². The van der Waals surface area contributed by atoms with E-state index in [9.17, 15) is 0 Å². The van der Waals surface area contributed by atoms with Crippen LogP contribution < -0.4 is 5.32 Å². The van der Waals surface area contributed by atoms with E-state index in [1.807, 2.05) is 7.05 Å². The lowest BCUT2D eigenvalue weighted by molar-refractivity contribution is 0.0184. The monoisotopic (exact) mass is 238 g/mol. The molecular formula is C12H22N4O. The van der Waals surface area contributed by atoms with Gasteiger partial charge in [0.1, 0.15) is 6.04 Å². The summed E-state index contributed by atoms with van der Waals surface area (Å²) < 4.78 is 5.38. The van der Waals surface area contributed by atoms with E-state index in [4.69, 9.17) is 10.00 Å². The summed E-state index contributed by atoms with van der Waals surface area (Å²) in [6.45, 7) is 6.91. The van der Waals surface area contributed by atoms with Gasteiger partial charge in [0.05, 0.1) is 19.3 Å². The zero-order valence-electron chi connectivity index (χ0n) is 10.6. The lowest BCUT2D eigenvalue weighted by Gasteiger charge is -2.32. The molecule has 2 heterocycles. The fraction of sp³-hybridized carbons (Fsp3) is 0.917. The molecule has 96 valence electrons. The molecule has 2 fully saturated rings. The molecule has 0 radical (unpaired) electrons. The van der Waals surface area contributed by atoms with E-state index in [0.29, 0.717) is 6.04 Å². The summed E-state index contributed by atoms with van der Waals surface area (Å²) in [6, 6.07) is 2.91. The highest BCUT2D eigenvalue weighted by molar-refractivity contribution is 4.94. The second-order valence-electron chi connectivity index (χ2n) is 4.82. The smallest absolute Gasteiger partial charge is 0.108 e. The first-order chi connectivity index (χ1) is 8.33. The summed E-state index contributed by atoms with van der Waals surface area (Å²) in [7, 11) is 1.85. The van der Waals surface area contributed by atoms with Crippen LogP contribution >= 0.6 is 0 Å². The number of hydrogen-bond acceptors (Lipinski definition) is 5. The van der Waals surface area contributed by atoms with Gasteiger partial charge in [-0.1, -0.05) is 0 Å². The number of nitrogens with zero attached hydrogens (tertiary/aromatic N) is 3. The van der Waals surface area contributed by atoms with E-state index in [1.165, 1.54) is 6.42 Å². The number of ether oxygens (including phenoxy) is 1. The summed E-state index contributed by atoms with van der Waals surface area (Å²) in [6.07, 6.45) is 1.22. The Hall–Kier alpha value is -0.670. The minimum absolute atomic E-state index is 0.0431. The van der Waals surface area contributed by atoms with Crippen molar-refractivity contribution in [2.45, 2.75) is 18.5 Å². The van der Waals surface area contributed by atoms with Crippen LogP contribution in [-0.2, 0) is 4.74 Å². The van der Waals surface area contributed by atoms with Crippen LogP contribution in [0.25, 0.3) is 0 Å². The molecule has 0 spiro atoms. The van der Waals surface area contributed by atoms with Crippen molar-refractivity contribution in [3.63, 3.8) is 0 Å². The average molecular weight is 238 g/mol. The van der Waals surface area contributed by atoms with Crippen LogP contribution in [0.1, 0.15) is 6.42 Å². The Balaban J connectivity index is 1.76. The van der Waals surface area contributed by atoms with Crippen LogP contribution in [0, 0.1) is 11.3 Å². The van der Waals surface area contributed by atoms with Crippen molar-refractivity contribution in [2.24, 2.45) is 0 Å². The Bertz CT molecular complexity index is 272. The topological polar surface area (TPSA) is 51.5 Å². The molecule has 0 aromatic carbocycles. The molecule has 0 aromatic heterocycles. The number of hydrogen-bond donors (Lipinski definition) is 1. The molecule has 0 bridgehead atoms. The Morgan fingerprint density at radius 3 is 2.82 bits per heavy atom. The van der Waals surface area contributed by atoms with Gasteiger partial charge in [-0.25, -0.2) is 0 Å². The van der Waals surface area contributed by atoms with Crippen molar-refractivity contribution in [1.29, 1.82) is 5.26 Å². The molecule has 2 rings (SSSR count). The molecule has 2 saturated heterocycles. The van der Waals surface area contributed by atoms with E-state index < -0.39 is 0 Å². The Morgan fingerprint density at radius 1 is 1.41 bits per heavy atom. The molecule has 2 unspecified atom stereocenters. The van der Waals surface area contributed by atoms with Gasteiger partial charge in [0.25, 0.3) is 0 Å². The number of likely N-dealkylation sites (N-methyl/N-ethyl adjacent to an activating group) is 1. The summed E-state index contributed by atoms with van der Waals surface area (Å²) in [4.78, 5) is 4.93. The lowest BCUT2D eigenvalue weighted by atomic mass is 10.2. The largest absolute Gasteiger partial charge is 0.379 e. The Labute approximate surface area is 103 Å². The van der Waals surface area contributed by atoms with Gasteiger partial charge < -0.3 is 10.1 Å². The highest BCUT2D eigenvalue weighted by Gasteiger charge is 2.29. The molecule has 0 aliphatic carbocycles. The van der Waals surface area contributed by atoms with Crippen molar-refractivity contribution >= 4 is 0 Å². The highest BCUT2D eigenvalue weighted by Crippen LogP contribution is 2.16. The Kier molecular flexibility index (Phi) is 4.75. The second kappa shape index (κ2) is 6.31. The van der Waals surface area contributed by atoms with Crippen molar-refractivity contribution in [3.8, 4) is 6.07 Å². The van der Waals surface area contributed by atoms with Gasteiger partial charge in [-0.3, -0.25) is 9.80 Å². The highest BCUT2D eigenvalue weighted by atomic mass is 16.5. The predicted molar refractivity (Wildman–Crippen MR) is 65.7 cm³/mol. The normalized spacial score (nSPS) is 29.1. The molecular weight excluding hydrogens is 216 g/mol. The zero-order valence-corrected chi connectivity index (χ0v) is 10.6. The average Bonchev–Trinajstić information content (AvgIpc) is 2.85. The number of rotatable bonds is 4. The van der Waals surface area contributed by atoms with E-state index in [-0.39, 0.29) is 6.04 Å². The van der Waals surface area contributed by atoms with Crippen molar-refractivity contribution in [2.75, 3.05) is 53.0 Å². The molecule has 0 aromatic rings. The van der Waals surface area contributed by atoms with Gasteiger partial charge in [-0.15, -0.1) is 0 Å². The van der Waals surface area contributed by atoms with Gasteiger partial charge in [0, 0.05) is 32.2 Å². The molecule has 0 amide bonds. The van der Waals surface area contributed by atoms with Crippen molar-refractivity contribution in [1.82, 2.24) is 15.1 Å². The third kappa shape index (κ3) is 3.39. The minimum atomic E-state index is -0.0431. The van der Waals surface area contributed by atoms with E-state index >= 15 is 0 Å². The number of likely N-dealkylation sites (tertiary alicyclic amines) is 1. The quantitative estimate of drug-likeness (QED) is 0.716. The number of morpholine rings is 1. The zero-order chi connectivity index (χ0) is 12.1. The minimum Gasteiger partial charge on any atom is -0.379 e. The SMILES string of the molecule is CNC(C#N)CN1CCC(N2CCOCC2)C1. The van der Waals surface area contributed by atoms with Gasteiger partial charge in [0.15, 0.2) is 0 Å². The Morgan fingerprint density at radius 2 is 2.18 bits per heavy atom. The third-order valence-corrected chi connectivity index (χ3v) is 3.75. The molecule has 17 heavy (non-hydrogen) atoms. The van der Waals surface area contributed by atoms with Crippen LogP contribution in [0.3, 0.4) is 0 Å². The number of nitrogens with one attached hydrogen (secondary N) is 1. The molecule has 2 atom stereocenters. The standard InChI is InChI=1S/C12H22N4O/c1-14-11(8-13)9-15-3-2-12(10-15)16-4-6-17-7-5-16/h11-12,14H,2-7,9-10H2,1H3. The number of nitriles is 1. The summed E-state index contributed by atoms with van der Waals surface area (Å²) >= 11 is 0.